The van der Waals surface area contributed by atoms with Gasteiger partial charge < -0.3 is 25.4 Å². The van der Waals surface area contributed by atoms with Crippen molar-refractivity contribution in [2.24, 2.45) is 0 Å². The first kappa shape index (κ1) is 18.2. The van der Waals surface area contributed by atoms with Crippen molar-refractivity contribution in [2.75, 3.05) is 6.61 Å². The molecule has 2 amide bonds. The average molecular weight is 340 g/mol. The SMILES string of the molecule is CC(=O)N[C@H]1[C@@H](O)[C@H](O)[C@H](CO)O[C@@H]1NNC(=O)c1ccncc1. The van der Waals surface area contributed by atoms with Gasteiger partial charge >= 0.3 is 0 Å². The average Bonchev–Trinajstić information content (AvgIpc) is 2.58. The number of rotatable bonds is 5. The molecule has 10 nitrogen and oxygen atoms in total. The van der Waals surface area contributed by atoms with Gasteiger partial charge in [0.1, 0.15) is 24.5 Å². The molecule has 132 valence electrons. The van der Waals surface area contributed by atoms with Gasteiger partial charge in [0.15, 0.2) is 0 Å². The number of carbonyl (C=O) groups excluding carboxylic acids is 2. The number of hydrogen-bond acceptors (Lipinski definition) is 8. The van der Waals surface area contributed by atoms with Crippen molar-refractivity contribution in [1.29, 1.82) is 0 Å². The van der Waals surface area contributed by atoms with Gasteiger partial charge in [-0.15, -0.1) is 0 Å². The molecule has 0 radical (unpaired) electrons. The van der Waals surface area contributed by atoms with Gasteiger partial charge in [-0.05, 0) is 12.1 Å². The van der Waals surface area contributed by atoms with Crippen LogP contribution in [0.4, 0.5) is 0 Å². The van der Waals surface area contributed by atoms with E-state index in [1.165, 1.54) is 31.5 Å². The minimum Gasteiger partial charge on any atom is -0.394 e. The topological polar surface area (TPSA) is 153 Å². The van der Waals surface area contributed by atoms with Crippen molar-refractivity contribution >= 4 is 11.8 Å². The third-order valence-corrected chi connectivity index (χ3v) is 3.57. The first-order chi connectivity index (χ1) is 11.4. The molecule has 0 bridgehead atoms. The Bertz CT molecular complexity index is 572. The number of hydrazine groups is 1. The number of aliphatic hydroxyl groups excluding tert-OH is 3. The molecule has 1 fully saturated rings. The van der Waals surface area contributed by atoms with E-state index < -0.39 is 49.0 Å². The van der Waals surface area contributed by atoms with E-state index in [1.807, 2.05) is 0 Å². The summed E-state index contributed by atoms with van der Waals surface area (Å²) in [5.41, 5.74) is 5.27. The molecule has 0 saturated carbocycles. The number of aromatic nitrogens is 1. The van der Waals surface area contributed by atoms with Gasteiger partial charge in [0.2, 0.25) is 5.91 Å². The summed E-state index contributed by atoms with van der Waals surface area (Å²) < 4.78 is 5.41. The van der Waals surface area contributed by atoms with E-state index in [1.54, 1.807) is 0 Å². The number of pyridine rings is 1. The maximum atomic E-state index is 12.0. The molecular formula is C14H20N4O6. The van der Waals surface area contributed by atoms with Crippen LogP contribution in [0.2, 0.25) is 0 Å². The highest BCUT2D eigenvalue weighted by Crippen LogP contribution is 2.19. The molecular weight excluding hydrogens is 320 g/mol. The van der Waals surface area contributed by atoms with Gasteiger partial charge in [0.05, 0.1) is 12.6 Å². The summed E-state index contributed by atoms with van der Waals surface area (Å²) in [5, 5.41) is 31.7. The highest BCUT2D eigenvalue weighted by molar-refractivity contribution is 5.93. The Kier molecular flexibility index (Phi) is 6.17. The van der Waals surface area contributed by atoms with Gasteiger partial charge in [-0.1, -0.05) is 0 Å². The Morgan fingerprint density at radius 2 is 1.92 bits per heavy atom. The van der Waals surface area contributed by atoms with Crippen LogP contribution in [-0.4, -0.2) is 69.3 Å². The minimum absolute atomic E-state index is 0.337. The van der Waals surface area contributed by atoms with Crippen molar-refractivity contribution in [2.45, 2.75) is 37.5 Å². The maximum absolute atomic E-state index is 12.0. The molecule has 0 aromatic carbocycles. The number of nitrogens with one attached hydrogen (secondary N) is 3. The Hall–Kier alpha value is -2.11. The molecule has 1 aliphatic heterocycles. The number of hydrogen-bond donors (Lipinski definition) is 6. The van der Waals surface area contributed by atoms with Crippen LogP contribution < -0.4 is 16.2 Å². The molecule has 0 aliphatic carbocycles. The zero-order valence-corrected chi connectivity index (χ0v) is 12.9. The molecule has 1 aromatic rings. The van der Waals surface area contributed by atoms with Crippen LogP contribution in [0.25, 0.3) is 0 Å². The van der Waals surface area contributed by atoms with E-state index in [-0.39, 0.29) is 0 Å². The molecule has 0 spiro atoms. The molecule has 2 rings (SSSR count). The molecule has 10 heteroatoms. The second-order valence-corrected chi connectivity index (χ2v) is 5.32. The standard InChI is InChI=1S/C14H20N4O6/c1-7(20)16-10-12(22)11(21)9(6-19)24-14(10)18-17-13(23)8-2-4-15-5-3-8/h2-5,9-12,14,18-19,21-22H,6H2,1H3,(H,16,20)(H,17,23)/t9-,10-,11+,12+,14-/m0/s1. The van der Waals surface area contributed by atoms with Crippen molar-refractivity contribution in [3.05, 3.63) is 30.1 Å². The third kappa shape index (κ3) is 4.24. The van der Waals surface area contributed by atoms with E-state index in [0.717, 1.165) is 0 Å². The smallest absolute Gasteiger partial charge is 0.265 e. The van der Waals surface area contributed by atoms with E-state index in [0.29, 0.717) is 5.56 Å². The normalized spacial score (nSPS) is 29.8. The highest BCUT2D eigenvalue weighted by Gasteiger charge is 2.44. The molecule has 1 aliphatic rings. The number of amides is 2. The zero-order valence-electron chi connectivity index (χ0n) is 12.9. The van der Waals surface area contributed by atoms with E-state index >= 15 is 0 Å². The second kappa shape index (κ2) is 8.13. The fourth-order valence-electron chi connectivity index (χ4n) is 2.35. The van der Waals surface area contributed by atoms with Gasteiger partial charge in [0, 0.05) is 24.9 Å². The quantitative estimate of drug-likeness (QED) is 0.316. The van der Waals surface area contributed by atoms with Crippen LogP contribution >= 0.6 is 0 Å². The van der Waals surface area contributed by atoms with Crippen LogP contribution in [0.5, 0.6) is 0 Å². The summed E-state index contributed by atoms with van der Waals surface area (Å²) in [4.78, 5) is 27.1. The zero-order chi connectivity index (χ0) is 17.7. The fraction of sp³-hybridized carbons (Fsp3) is 0.500. The van der Waals surface area contributed by atoms with E-state index in [9.17, 15) is 24.9 Å². The van der Waals surface area contributed by atoms with Gasteiger partial charge in [-0.3, -0.25) is 20.0 Å². The first-order valence-corrected chi connectivity index (χ1v) is 7.29. The number of ether oxygens (including phenoxy) is 1. The predicted octanol–water partition coefficient (Wildman–Crippen LogP) is -2.74. The molecule has 5 atom stereocenters. The monoisotopic (exact) mass is 340 g/mol. The summed E-state index contributed by atoms with van der Waals surface area (Å²) in [6, 6.07) is 1.97. The lowest BCUT2D eigenvalue weighted by Crippen LogP contribution is -2.69. The summed E-state index contributed by atoms with van der Waals surface area (Å²) in [6.07, 6.45) is -2.01. The molecule has 24 heavy (non-hydrogen) atoms. The maximum Gasteiger partial charge on any atom is 0.265 e. The van der Waals surface area contributed by atoms with Gasteiger partial charge in [0.25, 0.3) is 5.91 Å². The van der Waals surface area contributed by atoms with Crippen molar-refractivity contribution in [1.82, 2.24) is 21.2 Å². The number of carbonyl (C=O) groups is 2. The molecule has 2 heterocycles. The van der Waals surface area contributed by atoms with Crippen LogP contribution in [0, 0.1) is 0 Å². The third-order valence-electron chi connectivity index (χ3n) is 3.57. The lowest BCUT2D eigenvalue weighted by atomic mass is 9.96. The summed E-state index contributed by atoms with van der Waals surface area (Å²) in [7, 11) is 0. The van der Waals surface area contributed by atoms with E-state index in [4.69, 9.17) is 4.74 Å². The Morgan fingerprint density at radius 1 is 1.25 bits per heavy atom. The molecule has 1 aromatic heterocycles. The van der Waals surface area contributed by atoms with Crippen molar-refractivity contribution in [3.8, 4) is 0 Å². The van der Waals surface area contributed by atoms with Gasteiger partial charge in [-0.2, -0.15) is 0 Å². The lowest BCUT2D eigenvalue weighted by Gasteiger charge is -2.42. The van der Waals surface area contributed by atoms with Crippen molar-refractivity contribution < 1.29 is 29.6 Å². The summed E-state index contributed by atoms with van der Waals surface area (Å²) in [6.45, 7) is 0.700. The van der Waals surface area contributed by atoms with Crippen LogP contribution in [-0.2, 0) is 9.53 Å². The fourth-order valence-corrected chi connectivity index (χ4v) is 2.35. The summed E-state index contributed by atoms with van der Waals surface area (Å²) >= 11 is 0. The molecule has 6 N–H and O–H groups in total. The van der Waals surface area contributed by atoms with Crippen molar-refractivity contribution in [3.63, 3.8) is 0 Å². The highest BCUT2D eigenvalue weighted by atomic mass is 16.5. The first-order valence-electron chi connectivity index (χ1n) is 7.29. The summed E-state index contributed by atoms with van der Waals surface area (Å²) in [5.74, 6) is -0.937. The second-order valence-electron chi connectivity index (χ2n) is 5.32. The van der Waals surface area contributed by atoms with Crippen LogP contribution in [0.1, 0.15) is 17.3 Å². The largest absolute Gasteiger partial charge is 0.394 e. The Labute approximate surface area is 137 Å². The molecule has 0 unspecified atom stereocenters. The Balaban J connectivity index is 2.06. The van der Waals surface area contributed by atoms with Gasteiger partial charge in [-0.25, -0.2) is 5.43 Å². The number of nitrogens with zero attached hydrogens (tertiary/aromatic N) is 1. The van der Waals surface area contributed by atoms with Crippen LogP contribution in [0.3, 0.4) is 0 Å². The Morgan fingerprint density at radius 3 is 2.50 bits per heavy atom. The number of aliphatic hydroxyl groups is 3. The van der Waals surface area contributed by atoms with Crippen LogP contribution in [0.15, 0.2) is 24.5 Å². The lowest BCUT2D eigenvalue weighted by molar-refractivity contribution is -0.204. The minimum atomic E-state index is -1.39. The predicted molar refractivity (Wildman–Crippen MR) is 80.2 cm³/mol. The molecule has 1 saturated heterocycles. The van der Waals surface area contributed by atoms with E-state index in [2.05, 4.69) is 21.2 Å².